The predicted molar refractivity (Wildman–Crippen MR) is 231 cm³/mol. The molecule has 56 heavy (non-hydrogen) atoms. The van der Waals surface area contributed by atoms with E-state index in [1.165, 1.54) is 10.8 Å². The van der Waals surface area contributed by atoms with Gasteiger partial charge in [-0.3, -0.25) is 4.98 Å². The van der Waals surface area contributed by atoms with E-state index in [-0.39, 0.29) is 20.1 Å². The number of fused-ring (bicyclic) bond motifs is 4. The van der Waals surface area contributed by atoms with Crippen LogP contribution in [0.4, 0.5) is 0 Å². The molecular weight excluding hydrogens is 881 g/mol. The van der Waals surface area contributed by atoms with Crippen LogP contribution in [0.15, 0.2) is 144 Å². The first-order valence-electron chi connectivity index (χ1n) is 19.0. The molecule has 0 atom stereocenters. The van der Waals surface area contributed by atoms with Gasteiger partial charge in [-0.25, -0.2) is 4.98 Å². The van der Waals surface area contributed by atoms with E-state index in [2.05, 4.69) is 123 Å². The van der Waals surface area contributed by atoms with Crippen molar-refractivity contribution in [2.24, 2.45) is 5.92 Å². The first-order chi connectivity index (χ1) is 26.7. The summed E-state index contributed by atoms with van der Waals surface area (Å²) in [4.78, 5) is 14.6. The van der Waals surface area contributed by atoms with Gasteiger partial charge in [0.1, 0.15) is 0 Å². The normalized spacial score (nSPS) is 11.5. The van der Waals surface area contributed by atoms with Crippen molar-refractivity contribution in [2.45, 2.75) is 46.8 Å². The van der Waals surface area contributed by atoms with E-state index in [4.69, 9.17) is 14.4 Å². The summed E-state index contributed by atoms with van der Waals surface area (Å²) in [5.41, 5.74) is 11.8. The summed E-state index contributed by atoms with van der Waals surface area (Å²) in [7, 11) is -1.34. The number of hydrogen-bond donors (Lipinski definition) is 0. The number of furan rings is 1. The largest absolute Gasteiger partial charge is 0.486 e. The molecule has 0 bridgehead atoms. The molecule has 0 spiro atoms. The Hall–Kier alpha value is -5.46. The Morgan fingerprint density at radius 2 is 1.48 bits per heavy atom. The Morgan fingerprint density at radius 3 is 2.20 bits per heavy atom. The molecule has 0 unspecified atom stereocenters. The second kappa shape index (κ2) is 16.3. The summed E-state index contributed by atoms with van der Waals surface area (Å²) >= 11 is 0. The van der Waals surface area contributed by atoms with Crippen LogP contribution in [-0.2, 0) is 26.5 Å². The zero-order valence-corrected chi connectivity index (χ0v) is 36.0. The van der Waals surface area contributed by atoms with Gasteiger partial charge >= 0.3 is 0 Å². The third-order valence-corrected chi connectivity index (χ3v) is 12.0. The molecule has 281 valence electrons. The topological polar surface area (TPSA) is 56.7 Å². The van der Waals surface area contributed by atoms with Crippen LogP contribution in [0.3, 0.4) is 0 Å². The first kappa shape index (κ1) is 38.8. The number of benzene rings is 5. The van der Waals surface area contributed by atoms with Crippen molar-refractivity contribution in [1.29, 1.82) is 0 Å². The molecule has 4 heterocycles. The van der Waals surface area contributed by atoms with E-state index in [1.54, 1.807) is 0 Å². The molecular formula is C49H44IrN4OSi-2. The Labute approximate surface area is 343 Å². The standard InChI is InChI=1S/C31H20N3O.C18H24NSi.Ir/c1-20-16-17-24(30-32-26-14-8-9-15-27(26)34(30)22-12-6-3-7-13-22)29-28(20)23-18-19-25(33-31(23)35-29)21-10-4-2-5-11-21;1-14(2)11-16-12-17(15-9-7-6-8-10-15)19-13-18(16)20(3,4)5;/h2-16,18-19H,1H3;6-9,12-14H,11H2,1-5H3;/q2*-1;. The minimum absolute atomic E-state index is 0. The maximum absolute atomic E-state index is 6.47. The predicted octanol–water partition coefficient (Wildman–Crippen LogP) is 12.1. The van der Waals surface area contributed by atoms with Crippen LogP contribution in [-0.4, -0.2) is 27.6 Å². The van der Waals surface area contributed by atoms with Gasteiger partial charge in [-0.1, -0.05) is 124 Å². The Kier molecular flexibility index (Phi) is 11.3. The second-order valence-electron chi connectivity index (χ2n) is 15.5. The van der Waals surface area contributed by atoms with Gasteiger partial charge in [0, 0.05) is 42.9 Å². The summed E-state index contributed by atoms with van der Waals surface area (Å²) in [5.74, 6) is 1.46. The molecule has 0 saturated carbocycles. The smallest absolute Gasteiger partial charge is 0.216 e. The van der Waals surface area contributed by atoms with E-state index in [0.29, 0.717) is 11.6 Å². The molecule has 0 fully saturated rings. The molecule has 5 aromatic carbocycles. The third-order valence-electron chi connectivity index (χ3n) is 9.89. The number of pyridine rings is 2. The third kappa shape index (κ3) is 7.81. The van der Waals surface area contributed by atoms with Gasteiger partial charge in [0.15, 0.2) is 0 Å². The zero-order valence-electron chi connectivity index (χ0n) is 32.6. The molecule has 9 rings (SSSR count). The quantitative estimate of drug-likeness (QED) is 0.118. The average Bonchev–Trinajstić information content (AvgIpc) is 3.78. The van der Waals surface area contributed by atoms with E-state index in [0.717, 1.165) is 79.0 Å². The van der Waals surface area contributed by atoms with Crippen molar-refractivity contribution in [3.05, 3.63) is 163 Å². The molecule has 0 amide bonds. The Morgan fingerprint density at radius 1 is 0.768 bits per heavy atom. The maximum atomic E-state index is 6.47. The van der Waals surface area contributed by atoms with Gasteiger partial charge < -0.3 is 14.0 Å². The molecule has 0 aliphatic rings. The van der Waals surface area contributed by atoms with Crippen molar-refractivity contribution < 1.29 is 24.5 Å². The summed E-state index contributed by atoms with van der Waals surface area (Å²) in [6, 6.07) is 51.9. The van der Waals surface area contributed by atoms with Crippen LogP contribution in [0.1, 0.15) is 25.0 Å². The number of imidazole rings is 1. The first-order valence-corrected chi connectivity index (χ1v) is 22.5. The number of nitrogens with zero attached hydrogens (tertiary/aromatic N) is 4. The van der Waals surface area contributed by atoms with E-state index in [9.17, 15) is 0 Å². The van der Waals surface area contributed by atoms with Crippen LogP contribution in [0, 0.1) is 25.0 Å². The minimum Gasteiger partial charge on any atom is -0.486 e. The van der Waals surface area contributed by atoms with Gasteiger partial charge in [0.05, 0.1) is 36.2 Å². The van der Waals surface area contributed by atoms with E-state index < -0.39 is 8.07 Å². The van der Waals surface area contributed by atoms with Crippen molar-refractivity contribution in [3.8, 4) is 39.6 Å². The summed E-state index contributed by atoms with van der Waals surface area (Å²) in [5, 5.41) is 3.54. The van der Waals surface area contributed by atoms with Crippen molar-refractivity contribution >= 4 is 46.4 Å². The molecule has 0 N–H and O–H groups in total. The Balaban J connectivity index is 0.000000197. The van der Waals surface area contributed by atoms with Gasteiger partial charge in [0.25, 0.3) is 0 Å². The van der Waals surface area contributed by atoms with Gasteiger partial charge in [0.2, 0.25) is 5.71 Å². The van der Waals surface area contributed by atoms with Crippen molar-refractivity contribution in [2.75, 3.05) is 0 Å². The SMILES string of the molecule is CC(C)Cc1cc(-c2[c-]cccc2)ncc1[Si](C)(C)C.Cc1c[c-]c(-c2nc3ccccc3n2-c2ccccc2)c2oc3nc(-c4ccccc4)ccc3c12.[Ir]. The van der Waals surface area contributed by atoms with Crippen LogP contribution >= 0.6 is 0 Å². The van der Waals surface area contributed by atoms with Gasteiger partial charge in [-0.15, -0.1) is 53.6 Å². The zero-order chi connectivity index (χ0) is 38.1. The molecule has 9 aromatic rings. The number of aromatic nitrogens is 4. The van der Waals surface area contributed by atoms with Crippen LogP contribution in [0.5, 0.6) is 0 Å². The van der Waals surface area contributed by atoms with E-state index >= 15 is 0 Å². The summed E-state index contributed by atoms with van der Waals surface area (Å²) in [6.45, 7) is 13.8. The molecule has 4 aromatic heterocycles. The van der Waals surface area contributed by atoms with Gasteiger partial charge in [-0.2, -0.15) is 0 Å². The maximum Gasteiger partial charge on any atom is 0.216 e. The second-order valence-corrected chi connectivity index (χ2v) is 20.6. The minimum atomic E-state index is -1.34. The number of aryl methyl sites for hydroxylation is 1. The van der Waals surface area contributed by atoms with E-state index in [1.807, 2.05) is 78.9 Å². The van der Waals surface area contributed by atoms with Crippen molar-refractivity contribution in [3.63, 3.8) is 0 Å². The fourth-order valence-electron chi connectivity index (χ4n) is 7.31. The molecule has 7 heteroatoms. The van der Waals surface area contributed by atoms with Crippen LogP contribution < -0.4 is 5.19 Å². The summed E-state index contributed by atoms with van der Waals surface area (Å²) in [6.07, 6.45) is 3.24. The average molecular weight is 925 g/mol. The van der Waals surface area contributed by atoms with Crippen molar-refractivity contribution in [1.82, 2.24) is 19.5 Å². The number of rotatable bonds is 7. The monoisotopic (exact) mass is 925 g/mol. The van der Waals surface area contributed by atoms with Crippen LogP contribution in [0.2, 0.25) is 19.6 Å². The molecule has 0 aliphatic heterocycles. The molecule has 0 saturated heterocycles. The molecule has 0 aliphatic carbocycles. The number of hydrogen-bond acceptors (Lipinski definition) is 4. The molecule has 1 radical (unpaired) electrons. The number of para-hydroxylation sites is 3. The van der Waals surface area contributed by atoms with Gasteiger partial charge in [-0.05, 0) is 59.6 Å². The Bertz CT molecular complexity index is 2750. The van der Waals surface area contributed by atoms with Crippen LogP contribution in [0.25, 0.3) is 72.7 Å². The summed E-state index contributed by atoms with van der Waals surface area (Å²) < 4.78 is 8.64. The molecule has 5 nitrogen and oxygen atoms in total. The fourth-order valence-corrected chi connectivity index (χ4v) is 8.90. The fraction of sp³-hybridized carbons (Fsp3) is 0.163.